The number of piperidine rings is 1. The lowest BCUT2D eigenvalue weighted by atomic mass is 9.93. The number of carbonyl (C=O) groups excluding carboxylic acids is 2. The molecule has 0 aliphatic carbocycles. The van der Waals surface area contributed by atoms with Crippen LogP contribution in [0.5, 0.6) is 0 Å². The maximum absolute atomic E-state index is 12.4. The normalized spacial score (nSPS) is 17.4. The van der Waals surface area contributed by atoms with Gasteiger partial charge < -0.3 is 15.5 Å². The number of benzene rings is 1. The first-order valence-corrected chi connectivity index (χ1v) is 9.60. The molecule has 136 valence electrons. The van der Waals surface area contributed by atoms with Crippen LogP contribution in [0.4, 0.5) is 5.69 Å². The molecule has 2 aliphatic rings. The summed E-state index contributed by atoms with van der Waals surface area (Å²) in [6, 6.07) is 8.10. The van der Waals surface area contributed by atoms with Gasteiger partial charge in [-0.3, -0.25) is 9.59 Å². The minimum absolute atomic E-state index is 0.123. The van der Waals surface area contributed by atoms with Crippen molar-refractivity contribution in [3.05, 3.63) is 29.8 Å². The molecule has 1 aromatic rings. The number of fused-ring (bicyclic) bond motifs is 1. The van der Waals surface area contributed by atoms with Gasteiger partial charge in [-0.1, -0.05) is 18.2 Å². The summed E-state index contributed by atoms with van der Waals surface area (Å²) in [5, 5.41) is 6.31. The van der Waals surface area contributed by atoms with Gasteiger partial charge in [-0.2, -0.15) is 0 Å². The zero-order valence-electron chi connectivity index (χ0n) is 14.9. The fourth-order valence-electron chi connectivity index (χ4n) is 3.79. The lowest BCUT2D eigenvalue weighted by molar-refractivity contribution is -0.122. The van der Waals surface area contributed by atoms with E-state index in [0.29, 0.717) is 31.7 Å². The second-order valence-corrected chi connectivity index (χ2v) is 7.11. The zero-order chi connectivity index (χ0) is 17.5. The highest BCUT2D eigenvalue weighted by atomic mass is 16.2. The molecule has 2 aliphatic heterocycles. The van der Waals surface area contributed by atoms with Crippen molar-refractivity contribution in [3.63, 3.8) is 0 Å². The Morgan fingerprint density at radius 3 is 2.80 bits per heavy atom. The minimum atomic E-state index is 0.123. The molecule has 25 heavy (non-hydrogen) atoms. The van der Waals surface area contributed by atoms with E-state index in [1.54, 1.807) is 0 Å². The number of nitrogens with zero attached hydrogens (tertiary/aromatic N) is 1. The predicted octanol–water partition coefficient (Wildman–Crippen LogP) is 2.25. The van der Waals surface area contributed by atoms with Crippen molar-refractivity contribution in [2.45, 2.75) is 44.9 Å². The van der Waals surface area contributed by atoms with Gasteiger partial charge >= 0.3 is 0 Å². The van der Waals surface area contributed by atoms with Crippen molar-refractivity contribution in [1.29, 1.82) is 0 Å². The summed E-state index contributed by atoms with van der Waals surface area (Å²) < 4.78 is 0. The van der Waals surface area contributed by atoms with Gasteiger partial charge in [0.15, 0.2) is 0 Å². The maximum Gasteiger partial charge on any atom is 0.227 e. The number of para-hydroxylation sites is 1. The number of hydrogen-bond donors (Lipinski definition) is 2. The second-order valence-electron chi connectivity index (χ2n) is 7.11. The van der Waals surface area contributed by atoms with Crippen LogP contribution in [-0.4, -0.2) is 38.0 Å². The van der Waals surface area contributed by atoms with E-state index in [1.165, 1.54) is 18.4 Å². The number of nitrogens with one attached hydrogen (secondary N) is 2. The molecule has 2 heterocycles. The van der Waals surface area contributed by atoms with E-state index < -0.39 is 0 Å². The summed E-state index contributed by atoms with van der Waals surface area (Å²) in [6.07, 6.45) is 6.09. The number of rotatable bonds is 7. The van der Waals surface area contributed by atoms with Crippen molar-refractivity contribution in [1.82, 2.24) is 10.6 Å². The molecule has 2 amide bonds. The Morgan fingerprint density at radius 2 is 1.96 bits per heavy atom. The molecule has 1 aromatic carbocycles. The van der Waals surface area contributed by atoms with Crippen LogP contribution in [0.3, 0.4) is 0 Å². The summed E-state index contributed by atoms with van der Waals surface area (Å²) in [6.45, 7) is 3.52. The smallest absolute Gasteiger partial charge is 0.227 e. The molecule has 5 heteroatoms. The quantitative estimate of drug-likeness (QED) is 0.747. The summed E-state index contributed by atoms with van der Waals surface area (Å²) in [7, 11) is 0. The molecular formula is C20H29N3O2. The van der Waals surface area contributed by atoms with Gasteiger partial charge in [0, 0.05) is 31.6 Å². The first-order chi connectivity index (χ1) is 12.2. The van der Waals surface area contributed by atoms with Crippen LogP contribution in [0.1, 0.15) is 44.1 Å². The van der Waals surface area contributed by atoms with Crippen molar-refractivity contribution >= 4 is 17.5 Å². The Bertz CT molecular complexity index is 596. The first-order valence-electron chi connectivity index (χ1n) is 9.60. The van der Waals surface area contributed by atoms with Gasteiger partial charge in [0.05, 0.1) is 0 Å². The lowest BCUT2D eigenvalue weighted by Crippen LogP contribution is -2.31. The van der Waals surface area contributed by atoms with Crippen molar-refractivity contribution in [2.75, 3.05) is 31.1 Å². The van der Waals surface area contributed by atoms with E-state index in [2.05, 4.69) is 16.7 Å². The molecule has 0 radical (unpaired) electrons. The van der Waals surface area contributed by atoms with Crippen LogP contribution in [0, 0.1) is 5.92 Å². The third-order valence-corrected chi connectivity index (χ3v) is 5.32. The fraction of sp³-hybridized carbons (Fsp3) is 0.600. The first kappa shape index (κ1) is 17.9. The average Bonchev–Trinajstić information content (AvgIpc) is 3.08. The van der Waals surface area contributed by atoms with E-state index in [1.807, 2.05) is 23.1 Å². The second kappa shape index (κ2) is 8.99. The monoisotopic (exact) mass is 343 g/mol. The van der Waals surface area contributed by atoms with Crippen LogP contribution in [0.15, 0.2) is 24.3 Å². The molecule has 0 unspecified atom stereocenters. The van der Waals surface area contributed by atoms with Crippen LogP contribution in [-0.2, 0) is 16.0 Å². The van der Waals surface area contributed by atoms with Gasteiger partial charge in [0.2, 0.25) is 11.8 Å². The Kier molecular flexibility index (Phi) is 6.45. The van der Waals surface area contributed by atoms with Crippen molar-refractivity contribution in [2.24, 2.45) is 5.92 Å². The number of carbonyl (C=O) groups is 2. The van der Waals surface area contributed by atoms with Crippen molar-refractivity contribution < 1.29 is 9.59 Å². The SMILES string of the molecule is O=C(CCC1CCNCC1)NCCCC(=O)N1CCc2ccccc21. The fourth-order valence-corrected chi connectivity index (χ4v) is 3.79. The van der Waals surface area contributed by atoms with Crippen LogP contribution in [0.2, 0.25) is 0 Å². The predicted molar refractivity (Wildman–Crippen MR) is 99.6 cm³/mol. The highest BCUT2D eigenvalue weighted by molar-refractivity contribution is 5.95. The third kappa shape index (κ3) is 5.05. The van der Waals surface area contributed by atoms with Crippen LogP contribution < -0.4 is 15.5 Å². The molecule has 5 nitrogen and oxygen atoms in total. The topological polar surface area (TPSA) is 61.4 Å². The molecule has 0 atom stereocenters. The minimum Gasteiger partial charge on any atom is -0.356 e. The van der Waals surface area contributed by atoms with Gasteiger partial charge in [-0.15, -0.1) is 0 Å². The molecule has 1 saturated heterocycles. The van der Waals surface area contributed by atoms with E-state index >= 15 is 0 Å². The molecule has 0 spiro atoms. The summed E-state index contributed by atoms with van der Waals surface area (Å²) in [5.74, 6) is 0.968. The van der Waals surface area contributed by atoms with E-state index in [9.17, 15) is 9.59 Å². The van der Waals surface area contributed by atoms with Gasteiger partial charge in [0.25, 0.3) is 0 Å². The highest BCUT2D eigenvalue weighted by Crippen LogP contribution is 2.28. The van der Waals surface area contributed by atoms with E-state index in [0.717, 1.165) is 38.2 Å². The Balaban J connectivity index is 1.30. The van der Waals surface area contributed by atoms with Gasteiger partial charge in [-0.05, 0) is 62.7 Å². The van der Waals surface area contributed by atoms with Crippen LogP contribution >= 0.6 is 0 Å². The summed E-state index contributed by atoms with van der Waals surface area (Å²) in [4.78, 5) is 26.2. The molecule has 0 saturated carbocycles. The zero-order valence-corrected chi connectivity index (χ0v) is 14.9. The molecule has 3 rings (SSSR count). The molecule has 0 bridgehead atoms. The molecule has 2 N–H and O–H groups in total. The molecular weight excluding hydrogens is 314 g/mol. The number of anilines is 1. The van der Waals surface area contributed by atoms with Gasteiger partial charge in [-0.25, -0.2) is 0 Å². The average molecular weight is 343 g/mol. The Labute approximate surface area is 150 Å². The van der Waals surface area contributed by atoms with Gasteiger partial charge in [0.1, 0.15) is 0 Å². The Morgan fingerprint density at radius 1 is 1.16 bits per heavy atom. The van der Waals surface area contributed by atoms with E-state index in [4.69, 9.17) is 0 Å². The van der Waals surface area contributed by atoms with E-state index in [-0.39, 0.29) is 11.8 Å². The molecule has 0 aromatic heterocycles. The largest absolute Gasteiger partial charge is 0.356 e. The standard InChI is InChI=1S/C20H29N3O2/c24-19(8-7-16-9-13-21-14-10-16)22-12-3-6-20(25)23-15-11-17-4-1-2-5-18(17)23/h1-2,4-5,16,21H,3,6-15H2,(H,22,24). The lowest BCUT2D eigenvalue weighted by Gasteiger charge is -2.22. The summed E-state index contributed by atoms with van der Waals surface area (Å²) in [5.41, 5.74) is 2.31. The highest BCUT2D eigenvalue weighted by Gasteiger charge is 2.23. The number of amides is 2. The maximum atomic E-state index is 12.4. The Hall–Kier alpha value is -1.88. The summed E-state index contributed by atoms with van der Waals surface area (Å²) >= 11 is 0. The number of hydrogen-bond acceptors (Lipinski definition) is 3. The molecule has 1 fully saturated rings. The van der Waals surface area contributed by atoms with Crippen molar-refractivity contribution in [3.8, 4) is 0 Å². The van der Waals surface area contributed by atoms with Crippen LogP contribution in [0.25, 0.3) is 0 Å². The third-order valence-electron chi connectivity index (χ3n) is 5.32.